The van der Waals surface area contributed by atoms with Gasteiger partial charge in [-0.2, -0.15) is 0 Å². The normalized spacial score (nSPS) is 11.2. The van der Waals surface area contributed by atoms with Crippen LogP contribution in [0, 0.1) is 6.92 Å². The van der Waals surface area contributed by atoms with Gasteiger partial charge in [0.25, 0.3) is 5.56 Å². The number of hydrogen-bond acceptors (Lipinski definition) is 5. The largest absolute Gasteiger partial charge is 0.493 e. The Morgan fingerprint density at radius 3 is 2.53 bits per heavy atom. The molecule has 2 heterocycles. The van der Waals surface area contributed by atoms with Crippen molar-refractivity contribution < 1.29 is 13.9 Å². The number of aryl methyl sites for hydroxylation is 2. The highest BCUT2D eigenvalue weighted by atomic mass is 16.5. The van der Waals surface area contributed by atoms with Gasteiger partial charge in [-0.3, -0.25) is 4.79 Å². The molecule has 0 aliphatic heterocycles. The molecule has 0 saturated carbocycles. The maximum atomic E-state index is 13.6. The first-order chi connectivity index (χ1) is 16.5. The Hall–Kier alpha value is -4.19. The van der Waals surface area contributed by atoms with Crippen molar-refractivity contribution in [1.29, 1.82) is 0 Å². The Labute approximate surface area is 197 Å². The van der Waals surface area contributed by atoms with Crippen LogP contribution in [0.15, 0.2) is 75.9 Å². The molecule has 0 radical (unpaired) electrons. The molecule has 3 aromatic carbocycles. The average Bonchev–Trinajstić information content (AvgIpc) is 3.24. The van der Waals surface area contributed by atoms with Gasteiger partial charge < -0.3 is 23.8 Å². The van der Waals surface area contributed by atoms with Crippen molar-refractivity contribution in [2.75, 3.05) is 19.0 Å². The molecule has 6 heteroatoms. The fraction of sp³-hybridized carbons (Fsp3) is 0.179. The highest BCUT2D eigenvalue weighted by Crippen LogP contribution is 2.43. The van der Waals surface area contributed by atoms with E-state index in [4.69, 9.17) is 13.9 Å². The summed E-state index contributed by atoms with van der Waals surface area (Å²) in [5, 5.41) is 4.82. The second-order valence-corrected chi connectivity index (χ2v) is 8.13. The lowest BCUT2D eigenvalue weighted by atomic mass is 10.0. The van der Waals surface area contributed by atoms with E-state index in [2.05, 4.69) is 5.32 Å². The number of rotatable bonds is 6. The van der Waals surface area contributed by atoms with E-state index >= 15 is 0 Å². The van der Waals surface area contributed by atoms with Gasteiger partial charge in [0.05, 0.1) is 30.2 Å². The Bertz CT molecular complexity index is 1580. The van der Waals surface area contributed by atoms with Crippen molar-refractivity contribution >= 4 is 33.4 Å². The third-order valence-corrected chi connectivity index (χ3v) is 6.08. The highest BCUT2D eigenvalue weighted by Gasteiger charge is 2.24. The first kappa shape index (κ1) is 21.6. The molecule has 0 aliphatic carbocycles. The van der Waals surface area contributed by atoms with E-state index in [0.717, 1.165) is 27.7 Å². The van der Waals surface area contributed by atoms with Gasteiger partial charge in [0.15, 0.2) is 17.1 Å². The summed E-state index contributed by atoms with van der Waals surface area (Å²) < 4.78 is 19.4. The molecule has 6 nitrogen and oxygen atoms in total. The molecule has 0 unspecified atom stereocenters. The number of para-hydroxylation sites is 2. The Balaban J connectivity index is 1.85. The molecule has 5 aromatic rings. The zero-order valence-electron chi connectivity index (χ0n) is 19.6. The van der Waals surface area contributed by atoms with E-state index in [1.165, 1.54) is 0 Å². The molecule has 1 N–H and O–H groups in total. The van der Waals surface area contributed by atoms with Crippen LogP contribution < -0.4 is 20.3 Å². The summed E-state index contributed by atoms with van der Waals surface area (Å²) in [6.45, 7) is 4.48. The van der Waals surface area contributed by atoms with Crippen LogP contribution in [0.1, 0.15) is 12.5 Å². The van der Waals surface area contributed by atoms with Crippen LogP contribution in [0.2, 0.25) is 0 Å². The molecular formula is C28H26N2O4. The minimum Gasteiger partial charge on any atom is -0.493 e. The topological polar surface area (TPSA) is 65.6 Å². The van der Waals surface area contributed by atoms with Gasteiger partial charge >= 0.3 is 0 Å². The number of nitrogens with one attached hydrogen (secondary N) is 1. The first-order valence-electron chi connectivity index (χ1n) is 11.2. The van der Waals surface area contributed by atoms with E-state index < -0.39 is 0 Å². The maximum Gasteiger partial charge on any atom is 0.262 e. The van der Waals surface area contributed by atoms with Crippen LogP contribution in [-0.2, 0) is 7.05 Å². The highest BCUT2D eigenvalue weighted by molar-refractivity contribution is 6.11. The van der Waals surface area contributed by atoms with Crippen LogP contribution >= 0.6 is 0 Å². The SMILES string of the molecule is CCOc1ccc(-c2c(Nc3ccccc3C)oc3c2c(=O)n(C)c2ccccc32)cc1OC. The number of ether oxygens (including phenoxy) is 2. The monoisotopic (exact) mass is 454 g/mol. The minimum absolute atomic E-state index is 0.127. The van der Waals surface area contributed by atoms with E-state index in [9.17, 15) is 4.79 Å². The molecule has 2 aromatic heterocycles. The molecule has 0 atom stereocenters. The summed E-state index contributed by atoms with van der Waals surface area (Å²) in [5.41, 5.74) is 4.69. The molecule has 5 rings (SSSR count). The number of hydrogen-bond donors (Lipinski definition) is 1. The van der Waals surface area contributed by atoms with Crippen molar-refractivity contribution in [3.8, 4) is 22.6 Å². The van der Waals surface area contributed by atoms with Crippen LogP contribution in [-0.4, -0.2) is 18.3 Å². The summed E-state index contributed by atoms with van der Waals surface area (Å²) in [7, 11) is 3.39. The average molecular weight is 455 g/mol. The molecule has 0 spiro atoms. The minimum atomic E-state index is -0.127. The van der Waals surface area contributed by atoms with Gasteiger partial charge in [0.1, 0.15) is 0 Å². The van der Waals surface area contributed by atoms with Crippen molar-refractivity contribution in [1.82, 2.24) is 4.57 Å². The fourth-order valence-corrected chi connectivity index (χ4v) is 4.36. The van der Waals surface area contributed by atoms with Gasteiger partial charge in [-0.05, 0) is 55.3 Å². The lowest BCUT2D eigenvalue weighted by Crippen LogP contribution is -2.17. The maximum absolute atomic E-state index is 13.6. The molecule has 34 heavy (non-hydrogen) atoms. The van der Waals surface area contributed by atoms with E-state index in [-0.39, 0.29) is 5.56 Å². The molecule has 0 aliphatic rings. The number of fused-ring (bicyclic) bond motifs is 3. The summed E-state index contributed by atoms with van der Waals surface area (Å²) in [6.07, 6.45) is 0. The van der Waals surface area contributed by atoms with E-state index in [1.807, 2.05) is 80.6 Å². The summed E-state index contributed by atoms with van der Waals surface area (Å²) in [4.78, 5) is 13.6. The van der Waals surface area contributed by atoms with Gasteiger partial charge in [-0.15, -0.1) is 0 Å². The number of aromatic nitrogens is 1. The molecular weight excluding hydrogens is 428 g/mol. The molecule has 172 valence electrons. The second-order valence-electron chi connectivity index (χ2n) is 8.13. The zero-order valence-corrected chi connectivity index (χ0v) is 19.6. The third kappa shape index (κ3) is 3.48. The number of nitrogens with zero attached hydrogens (tertiary/aromatic N) is 1. The third-order valence-electron chi connectivity index (χ3n) is 6.08. The number of anilines is 2. The van der Waals surface area contributed by atoms with Gasteiger partial charge in [-0.1, -0.05) is 36.4 Å². The van der Waals surface area contributed by atoms with Crippen LogP contribution in [0.25, 0.3) is 33.0 Å². The van der Waals surface area contributed by atoms with Crippen molar-refractivity contribution in [3.63, 3.8) is 0 Å². The van der Waals surface area contributed by atoms with Crippen LogP contribution in [0.3, 0.4) is 0 Å². The second kappa shape index (κ2) is 8.63. The number of methoxy groups -OCH3 is 1. The Morgan fingerprint density at radius 1 is 1.00 bits per heavy atom. The van der Waals surface area contributed by atoms with Gasteiger partial charge in [-0.25, -0.2) is 0 Å². The quantitative estimate of drug-likeness (QED) is 0.321. The first-order valence-corrected chi connectivity index (χ1v) is 11.2. The lowest BCUT2D eigenvalue weighted by Gasteiger charge is -2.12. The number of furan rings is 1. The predicted octanol–water partition coefficient (Wildman–Crippen LogP) is 6.41. The molecule has 0 fully saturated rings. The molecule has 0 saturated heterocycles. The van der Waals surface area contributed by atoms with E-state index in [1.54, 1.807) is 18.7 Å². The number of benzene rings is 3. The van der Waals surface area contributed by atoms with Crippen molar-refractivity contribution in [2.24, 2.45) is 7.05 Å². The zero-order chi connectivity index (χ0) is 23.8. The Morgan fingerprint density at radius 2 is 1.76 bits per heavy atom. The lowest BCUT2D eigenvalue weighted by molar-refractivity contribution is 0.311. The van der Waals surface area contributed by atoms with Crippen molar-refractivity contribution in [3.05, 3.63) is 82.6 Å². The van der Waals surface area contributed by atoms with Crippen LogP contribution in [0.5, 0.6) is 11.5 Å². The van der Waals surface area contributed by atoms with Gasteiger partial charge in [0, 0.05) is 18.1 Å². The predicted molar refractivity (Wildman–Crippen MR) is 137 cm³/mol. The number of pyridine rings is 1. The summed E-state index contributed by atoms with van der Waals surface area (Å²) >= 11 is 0. The molecule has 0 amide bonds. The smallest absolute Gasteiger partial charge is 0.262 e. The van der Waals surface area contributed by atoms with Crippen molar-refractivity contribution in [2.45, 2.75) is 13.8 Å². The molecule has 0 bridgehead atoms. The van der Waals surface area contributed by atoms with Gasteiger partial charge in [0.2, 0.25) is 5.88 Å². The Kier molecular flexibility index (Phi) is 5.49. The van der Waals surface area contributed by atoms with Crippen LogP contribution in [0.4, 0.5) is 11.6 Å². The van der Waals surface area contributed by atoms with E-state index in [0.29, 0.717) is 40.5 Å². The fourth-order valence-electron chi connectivity index (χ4n) is 4.36. The standard InChI is InChI=1S/C28H26N2O4/c1-5-33-22-15-14-18(16-23(22)32-4)24-25-26(19-11-7-9-13-21(19)30(3)28(25)31)34-27(24)29-20-12-8-6-10-17(20)2/h6-16,29H,5H2,1-4H3. The summed E-state index contributed by atoms with van der Waals surface area (Å²) in [6, 6.07) is 21.4. The summed E-state index contributed by atoms with van der Waals surface area (Å²) in [5.74, 6) is 1.74.